The molecule has 7 heteroatoms. The summed E-state index contributed by atoms with van der Waals surface area (Å²) in [5, 5.41) is 0.397. The van der Waals surface area contributed by atoms with Gasteiger partial charge in [0.05, 0.1) is 5.52 Å². The Kier molecular flexibility index (Phi) is 4.18. The van der Waals surface area contributed by atoms with Gasteiger partial charge in [0.1, 0.15) is 16.0 Å². The van der Waals surface area contributed by atoms with E-state index in [1.165, 1.54) is 17.6 Å². The predicted molar refractivity (Wildman–Crippen MR) is 115 cm³/mol. The second kappa shape index (κ2) is 6.64. The van der Waals surface area contributed by atoms with Crippen molar-refractivity contribution in [2.24, 2.45) is 0 Å². The number of aromatic amines is 1. The maximum Gasteiger partial charge on any atom is 0.271 e. The summed E-state index contributed by atoms with van der Waals surface area (Å²) >= 11 is 1.18. The van der Waals surface area contributed by atoms with Gasteiger partial charge in [-0.15, -0.1) is 0 Å². The molecule has 5 rings (SSSR count). The Bertz CT molecular complexity index is 1360. The zero-order chi connectivity index (χ0) is 20.3. The zero-order valence-electron chi connectivity index (χ0n) is 16.2. The summed E-state index contributed by atoms with van der Waals surface area (Å²) in [7, 11) is 4.01. The van der Waals surface area contributed by atoms with Gasteiger partial charge in [-0.25, -0.2) is 4.39 Å². The molecule has 0 aliphatic heterocycles. The molecule has 1 aliphatic carbocycles. The van der Waals surface area contributed by atoms with Gasteiger partial charge in [-0.1, -0.05) is 24.3 Å². The van der Waals surface area contributed by atoms with Crippen LogP contribution in [0.4, 0.5) is 4.39 Å². The van der Waals surface area contributed by atoms with E-state index in [4.69, 9.17) is 0 Å². The van der Waals surface area contributed by atoms with Gasteiger partial charge in [0.15, 0.2) is 0 Å². The van der Waals surface area contributed by atoms with Crippen LogP contribution in [-0.2, 0) is 6.54 Å². The van der Waals surface area contributed by atoms with E-state index < -0.39 is 16.8 Å². The van der Waals surface area contributed by atoms with Crippen LogP contribution in [0.3, 0.4) is 0 Å². The largest absolute Gasteiger partial charge is 0.328 e. The van der Waals surface area contributed by atoms with Gasteiger partial charge in [0.2, 0.25) is 5.43 Å². The molecule has 2 aromatic heterocycles. The summed E-state index contributed by atoms with van der Waals surface area (Å²) in [6, 6.07) is 11.1. The maximum absolute atomic E-state index is 15.0. The van der Waals surface area contributed by atoms with E-state index in [0.717, 1.165) is 30.5 Å². The highest BCUT2D eigenvalue weighted by atomic mass is 32.1. The minimum atomic E-state index is -0.455. The van der Waals surface area contributed by atoms with Crippen LogP contribution < -0.4 is 11.0 Å². The van der Waals surface area contributed by atoms with Crippen molar-refractivity contribution < 1.29 is 4.39 Å². The van der Waals surface area contributed by atoms with Crippen LogP contribution in [0.15, 0.2) is 46.0 Å². The first-order valence-electron chi connectivity index (χ1n) is 9.57. The molecule has 5 nitrogen and oxygen atoms in total. The van der Waals surface area contributed by atoms with Crippen LogP contribution >= 0.6 is 11.5 Å². The molecule has 148 valence electrons. The number of hydrogen-bond donors (Lipinski definition) is 1. The number of rotatable bonds is 4. The molecular weight excluding hydrogens is 389 g/mol. The molecule has 4 aromatic rings. The summed E-state index contributed by atoms with van der Waals surface area (Å²) in [5.41, 5.74) is 2.27. The van der Waals surface area contributed by atoms with Crippen molar-refractivity contribution in [2.45, 2.75) is 25.4 Å². The van der Waals surface area contributed by atoms with Crippen molar-refractivity contribution in [3.63, 3.8) is 0 Å². The highest BCUT2D eigenvalue weighted by Gasteiger charge is 2.29. The Morgan fingerprint density at radius 1 is 1.17 bits per heavy atom. The van der Waals surface area contributed by atoms with Crippen LogP contribution in [0.25, 0.3) is 32.2 Å². The number of fused-ring (bicyclic) bond motifs is 2. The molecule has 1 N–H and O–H groups in total. The van der Waals surface area contributed by atoms with Crippen molar-refractivity contribution in [3.8, 4) is 11.1 Å². The average molecular weight is 409 g/mol. The van der Waals surface area contributed by atoms with E-state index in [-0.39, 0.29) is 16.8 Å². The highest BCUT2D eigenvalue weighted by Crippen LogP contribution is 2.40. The SMILES string of the molecule is CN(C)Cc1ccc(-c2cc3c(cc2F)c(=O)c2c(=O)[nH]sc2n3C2CC2)cc1. The lowest BCUT2D eigenvalue weighted by Crippen LogP contribution is -2.15. The number of halogens is 1. The van der Waals surface area contributed by atoms with Gasteiger partial charge in [-0.3, -0.25) is 14.0 Å². The van der Waals surface area contributed by atoms with Gasteiger partial charge >= 0.3 is 0 Å². The van der Waals surface area contributed by atoms with Crippen LogP contribution in [0.1, 0.15) is 24.4 Å². The number of nitrogens with zero attached hydrogens (tertiary/aromatic N) is 2. The first kappa shape index (κ1) is 18.3. The summed E-state index contributed by atoms with van der Waals surface area (Å²) in [4.78, 5) is 27.8. The summed E-state index contributed by atoms with van der Waals surface area (Å²) in [6.45, 7) is 0.812. The van der Waals surface area contributed by atoms with Crippen LogP contribution in [0.2, 0.25) is 0 Å². The van der Waals surface area contributed by atoms with Crippen molar-refractivity contribution >= 4 is 32.7 Å². The Balaban J connectivity index is 1.75. The second-order valence-electron chi connectivity index (χ2n) is 7.93. The molecule has 29 heavy (non-hydrogen) atoms. The normalized spacial score (nSPS) is 14.3. The lowest BCUT2D eigenvalue weighted by molar-refractivity contribution is 0.402. The third kappa shape index (κ3) is 3.01. The number of aromatic nitrogens is 2. The fraction of sp³-hybridized carbons (Fsp3) is 0.273. The van der Waals surface area contributed by atoms with Crippen LogP contribution in [0.5, 0.6) is 0 Å². The standard InChI is InChI=1S/C22H20FN3O2S/c1-25(2)11-12-3-5-13(6-4-12)15-10-18-16(9-17(15)23)20(27)19-21(28)24-29-22(19)26(18)14-7-8-14/h3-6,9-10,14H,7-8,11H2,1-2H3,(H,24,28). The molecule has 1 saturated carbocycles. The fourth-order valence-corrected chi connectivity index (χ4v) is 4.85. The topological polar surface area (TPSA) is 58.1 Å². The Labute approximate surface area is 170 Å². The molecular formula is C22H20FN3O2S. The van der Waals surface area contributed by atoms with E-state index in [1.807, 2.05) is 42.9 Å². The van der Waals surface area contributed by atoms with Gasteiger partial charge < -0.3 is 9.47 Å². The molecule has 2 aromatic carbocycles. The summed E-state index contributed by atoms with van der Waals surface area (Å²) in [5.74, 6) is -0.455. The number of nitrogens with one attached hydrogen (secondary N) is 1. The monoisotopic (exact) mass is 409 g/mol. The molecule has 1 fully saturated rings. The van der Waals surface area contributed by atoms with Crippen LogP contribution in [0, 0.1) is 5.82 Å². The van der Waals surface area contributed by atoms with E-state index in [2.05, 4.69) is 9.27 Å². The lowest BCUT2D eigenvalue weighted by atomic mass is 10.0. The van der Waals surface area contributed by atoms with E-state index in [9.17, 15) is 9.59 Å². The fourth-order valence-electron chi connectivity index (χ4n) is 3.92. The number of hydrogen-bond acceptors (Lipinski definition) is 4. The molecule has 0 atom stereocenters. The number of H-pyrrole nitrogens is 1. The second-order valence-corrected chi connectivity index (χ2v) is 8.72. The summed E-state index contributed by atoms with van der Waals surface area (Å²) < 4.78 is 19.7. The molecule has 2 heterocycles. The molecule has 0 saturated heterocycles. The molecule has 0 unspecified atom stereocenters. The smallest absolute Gasteiger partial charge is 0.271 e. The Morgan fingerprint density at radius 3 is 2.55 bits per heavy atom. The Morgan fingerprint density at radius 2 is 1.90 bits per heavy atom. The highest BCUT2D eigenvalue weighted by molar-refractivity contribution is 7.12. The molecule has 0 amide bonds. The van der Waals surface area contributed by atoms with Gasteiger partial charge in [-0.2, -0.15) is 0 Å². The molecule has 1 aliphatic rings. The first-order valence-corrected chi connectivity index (χ1v) is 10.4. The van der Waals surface area contributed by atoms with Gasteiger partial charge in [0.25, 0.3) is 5.56 Å². The number of benzene rings is 2. The Hall–Kier alpha value is -2.77. The van der Waals surface area contributed by atoms with Gasteiger partial charge in [0, 0.05) is 23.5 Å². The average Bonchev–Trinajstić information content (AvgIpc) is 3.44. The van der Waals surface area contributed by atoms with Crippen molar-refractivity contribution in [1.82, 2.24) is 13.8 Å². The van der Waals surface area contributed by atoms with Crippen molar-refractivity contribution in [3.05, 3.63) is 68.4 Å². The van der Waals surface area contributed by atoms with Gasteiger partial charge in [-0.05, 0) is 61.7 Å². The third-order valence-electron chi connectivity index (χ3n) is 5.39. The third-order valence-corrected chi connectivity index (χ3v) is 6.27. The zero-order valence-corrected chi connectivity index (χ0v) is 17.0. The van der Waals surface area contributed by atoms with Crippen LogP contribution in [-0.4, -0.2) is 27.9 Å². The quantitative estimate of drug-likeness (QED) is 0.552. The molecule has 0 bridgehead atoms. The summed E-state index contributed by atoms with van der Waals surface area (Å²) in [6.07, 6.45) is 1.98. The lowest BCUT2D eigenvalue weighted by Gasteiger charge is -2.14. The molecule has 0 spiro atoms. The predicted octanol–water partition coefficient (Wildman–Crippen LogP) is 4.11. The van der Waals surface area contributed by atoms with E-state index in [0.29, 0.717) is 15.9 Å². The van der Waals surface area contributed by atoms with Crippen molar-refractivity contribution in [2.75, 3.05) is 14.1 Å². The van der Waals surface area contributed by atoms with E-state index in [1.54, 1.807) is 6.07 Å². The molecule has 0 radical (unpaired) electrons. The first-order chi connectivity index (χ1) is 13.9. The minimum absolute atomic E-state index is 0.134. The maximum atomic E-state index is 15.0. The minimum Gasteiger partial charge on any atom is -0.328 e. The number of pyridine rings is 1. The van der Waals surface area contributed by atoms with Crippen molar-refractivity contribution in [1.29, 1.82) is 0 Å². The van der Waals surface area contributed by atoms with E-state index >= 15 is 4.39 Å².